The van der Waals surface area contributed by atoms with Gasteiger partial charge in [0.1, 0.15) is 11.2 Å². The molecule has 0 radical (unpaired) electrons. The minimum atomic E-state index is -0.135. The van der Waals surface area contributed by atoms with Crippen molar-refractivity contribution in [2.75, 3.05) is 0 Å². The van der Waals surface area contributed by atoms with Gasteiger partial charge in [-0.1, -0.05) is 97.9 Å². The molecule has 0 atom stereocenters. The molecule has 0 saturated heterocycles. The van der Waals surface area contributed by atoms with E-state index in [0.717, 1.165) is 46.8 Å². The number of nitrogens with one attached hydrogen (secondary N) is 1. The van der Waals surface area contributed by atoms with Crippen LogP contribution in [0.25, 0.3) is 38.8 Å². The molecule has 1 aliphatic rings. The third kappa shape index (κ3) is 4.22. The first-order valence-electron chi connectivity index (χ1n) is 12.9. The summed E-state index contributed by atoms with van der Waals surface area (Å²) in [6, 6.07) is 13.2. The van der Waals surface area contributed by atoms with E-state index in [2.05, 4.69) is 104 Å². The topological polar surface area (TPSA) is 37.0 Å². The van der Waals surface area contributed by atoms with Crippen LogP contribution in [0.2, 0.25) is 0 Å². The summed E-state index contributed by atoms with van der Waals surface area (Å²) in [4.78, 5) is 0. The van der Waals surface area contributed by atoms with Gasteiger partial charge >= 0.3 is 0 Å². The molecule has 2 heteroatoms. The van der Waals surface area contributed by atoms with Crippen molar-refractivity contribution in [2.45, 2.75) is 80.1 Å². The molecule has 0 aliphatic heterocycles. The Morgan fingerprint density at radius 2 is 1.54 bits per heavy atom. The maximum absolute atomic E-state index is 9.58. The third-order valence-electron chi connectivity index (χ3n) is 7.22. The second-order valence-corrected chi connectivity index (χ2v) is 13.6. The standard InChI is InChI=1S/C33H39NO/c1-31(2,3)18-20-16-21-12-11-15-33(7,8)28-23-14-10-9-13-22(23)24(19-32(4,5)6)30-27(28)29(34)26(21)25(17-20)35-30/h9-14,16-17,34H,15,18-19H2,1-8H3/b12-11-,34-29?. The van der Waals surface area contributed by atoms with E-state index >= 15 is 0 Å². The van der Waals surface area contributed by atoms with Gasteiger partial charge in [0.25, 0.3) is 0 Å². The van der Waals surface area contributed by atoms with Crippen LogP contribution in [0, 0.1) is 16.2 Å². The number of hydrogen-bond donors (Lipinski definition) is 1. The summed E-state index contributed by atoms with van der Waals surface area (Å²) < 4.78 is 6.92. The largest absolute Gasteiger partial charge is 0.456 e. The Morgan fingerprint density at radius 3 is 2.20 bits per heavy atom. The molecule has 2 bridgehead atoms. The van der Waals surface area contributed by atoms with Crippen molar-refractivity contribution < 1.29 is 4.42 Å². The molecule has 35 heavy (non-hydrogen) atoms. The van der Waals surface area contributed by atoms with E-state index in [9.17, 15) is 5.41 Å². The van der Waals surface area contributed by atoms with Crippen LogP contribution >= 0.6 is 0 Å². The lowest BCUT2D eigenvalue weighted by atomic mass is 9.75. The molecule has 4 aromatic rings. The van der Waals surface area contributed by atoms with Crippen molar-refractivity contribution in [1.82, 2.24) is 0 Å². The summed E-state index contributed by atoms with van der Waals surface area (Å²) in [5.74, 6) is 0. The van der Waals surface area contributed by atoms with Crippen molar-refractivity contribution >= 4 is 38.8 Å². The fourth-order valence-corrected chi connectivity index (χ4v) is 5.95. The Hall–Kier alpha value is -2.87. The second-order valence-electron chi connectivity index (χ2n) is 13.6. The molecular weight excluding hydrogens is 426 g/mol. The summed E-state index contributed by atoms with van der Waals surface area (Å²) in [5.41, 5.74) is 6.71. The van der Waals surface area contributed by atoms with Crippen molar-refractivity contribution in [2.24, 2.45) is 10.8 Å². The molecule has 0 saturated carbocycles. The number of hydrogen-bond acceptors (Lipinski definition) is 2. The molecule has 1 aliphatic carbocycles. The summed E-state index contributed by atoms with van der Waals surface area (Å²) in [5, 5.41) is 14.6. The molecule has 1 N–H and O–H groups in total. The zero-order valence-corrected chi connectivity index (χ0v) is 22.6. The molecule has 1 heterocycles. The van der Waals surface area contributed by atoms with Crippen molar-refractivity contribution in [1.29, 1.82) is 5.41 Å². The van der Waals surface area contributed by atoms with Gasteiger partial charge in [-0.2, -0.15) is 0 Å². The highest BCUT2D eigenvalue weighted by Crippen LogP contribution is 2.44. The minimum absolute atomic E-state index is 0.0914. The fourth-order valence-electron chi connectivity index (χ4n) is 5.95. The summed E-state index contributed by atoms with van der Waals surface area (Å²) >= 11 is 0. The van der Waals surface area contributed by atoms with Crippen LogP contribution in [0.4, 0.5) is 0 Å². The Bertz CT molecular complexity index is 1570. The summed E-state index contributed by atoms with van der Waals surface area (Å²) in [6.45, 7) is 18.3. The molecule has 2 nitrogen and oxygen atoms in total. The van der Waals surface area contributed by atoms with Gasteiger partial charge in [0.15, 0.2) is 0 Å². The van der Waals surface area contributed by atoms with Crippen molar-refractivity contribution in [3.8, 4) is 0 Å². The molecule has 3 aromatic carbocycles. The van der Waals surface area contributed by atoms with Crippen LogP contribution < -0.4 is 5.36 Å². The van der Waals surface area contributed by atoms with Crippen LogP contribution in [0.3, 0.4) is 0 Å². The lowest BCUT2D eigenvalue weighted by Crippen LogP contribution is -2.21. The van der Waals surface area contributed by atoms with E-state index in [1.165, 1.54) is 27.5 Å². The van der Waals surface area contributed by atoms with Crippen molar-refractivity contribution in [3.63, 3.8) is 0 Å². The van der Waals surface area contributed by atoms with Crippen molar-refractivity contribution in [3.05, 3.63) is 70.1 Å². The molecule has 1 aromatic heterocycles. The van der Waals surface area contributed by atoms with Gasteiger partial charge in [0.2, 0.25) is 0 Å². The predicted molar refractivity (Wildman–Crippen MR) is 150 cm³/mol. The first-order chi connectivity index (χ1) is 16.3. The van der Waals surface area contributed by atoms with E-state index in [1.54, 1.807) is 0 Å². The van der Waals surface area contributed by atoms with E-state index in [-0.39, 0.29) is 16.2 Å². The zero-order valence-electron chi connectivity index (χ0n) is 22.6. The molecule has 0 fully saturated rings. The Morgan fingerprint density at radius 1 is 0.886 bits per heavy atom. The summed E-state index contributed by atoms with van der Waals surface area (Å²) in [6.07, 6.45) is 7.29. The van der Waals surface area contributed by atoms with Gasteiger partial charge in [0.05, 0.1) is 10.7 Å². The second kappa shape index (κ2) is 7.82. The van der Waals surface area contributed by atoms with Crippen LogP contribution in [-0.2, 0) is 18.3 Å². The van der Waals surface area contributed by atoms with E-state index in [4.69, 9.17) is 4.42 Å². The van der Waals surface area contributed by atoms with Crippen LogP contribution in [0.15, 0.2) is 46.9 Å². The van der Waals surface area contributed by atoms with E-state index in [0.29, 0.717) is 5.36 Å². The van der Waals surface area contributed by atoms with Gasteiger partial charge in [-0.25, -0.2) is 0 Å². The van der Waals surface area contributed by atoms with Gasteiger partial charge in [-0.05, 0) is 69.0 Å². The highest BCUT2D eigenvalue weighted by atomic mass is 16.3. The highest BCUT2D eigenvalue weighted by Gasteiger charge is 2.31. The number of benzene rings is 3. The van der Waals surface area contributed by atoms with Gasteiger partial charge < -0.3 is 4.42 Å². The lowest BCUT2D eigenvalue weighted by molar-refractivity contribution is 0.410. The predicted octanol–water partition coefficient (Wildman–Crippen LogP) is 9.09. The van der Waals surface area contributed by atoms with Gasteiger partial charge in [-0.15, -0.1) is 0 Å². The Labute approximate surface area is 209 Å². The normalized spacial score (nSPS) is 16.7. The fraction of sp³-hybridized carbons (Fsp3) is 0.424. The number of allylic oxidation sites excluding steroid dienone is 1. The van der Waals surface area contributed by atoms with Gasteiger partial charge in [0, 0.05) is 10.9 Å². The molecule has 182 valence electrons. The summed E-state index contributed by atoms with van der Waals surface area (Å²) in [7, 11) is 0. The van der Waals surface area contributed by atoms with Crippen LogP contribution in [0.5, 0.6) is 0 Å². The van der Waals surface area contributed by atoms with Gasteiger partial charge in [-0.3, -0.25) is 5.41 Å². The maximum Gasteiger partial charge on any atom is 0.141 e. The third-order valence-corrected chi connectivity index (χ3v) is 7.22. The number of rotatable bonds is 2. The van der Waals surface area contributed by atoms with Crippen LogP contribution in [-0.4, -0.2) is 0 Å². The Balaban J connectivity index is 2.04. The molecule has 0 spiro atoms. The smallest absolute Gasteiger partial charge is 0.141 e. The molecule has 0 unspecified atom stereocenters. The lowest BCUT2D eigenvalue weighted by Gasteiger charge is -2.29. The molecular formula is C33H39NO. The molecule has 5 rings (SSSR count). The van der Waals surface area contributed by atoms with E-state index in [1.807, 2.05) is 0 Å². The number of fused-ring (bicyclic) bond motifs is 2. The maximum atomic E-state index is 9.58. The average molecular weight is 466 g/mol. The molecule has 0 amide bonds. The SMILES string of the molecule is CC(C)(C)Cc1cc2c3c(=N)c4c(c5ccccc5c(CC(C)(C)C)c4oc3c1)C(C)(C)C/C=C\2. The Kier molecular flexibility index (Phi) is 5.33. The zero-order chi connectivity index (χ0) is 25.3. The van der Waals surface area contributed by atoms with Crippen LogP contribution in [0.1, 0.15) is 84.1 Å². The average Bonchev–Trinajstić information content (AvgIpc) is 2.74. The quantitative estimate of drug-likeness (QED) is 0.294. The first-order valence-corrected chi connectivity index (χ1v) is 12.9. The first kappa shape index (κ1) is 23.9. The van der Waals surface area contributed by atoms with E-state index < -0.39 is 0 Å². The minimum Gasteiger partial charge on any atom is -0.456 e. The monoisotopic (exact) mass is 465 g/mol. The highest BCUT2D eigenvalue weighted by molar-refractivity contribution is 6.07.